The van der Waals surface area contributed by atoms with Crippen LogP contribution in [0.5, 0.6) is 0 Å². The Morgan fingerprint density at radius 2 is 1.03 bits per heavy atom. The summed E-state index contributed by atoms with van der Waals surface area (Å²) in [6, 6.07) is 0. The molecule has 0 aliphatic heterocycles. The van der Waals surface area contributed by atoms with E-state index in [0.717, 1.165) is 6.42 Å². The molecule has 0 spiro atoms. The van der Waals surface area contributed by atoms with Crippen molar-refractivity contribution in [3.8, 4) is 0 Å². The van der Waals surface area contributed by atoms with Gasteiger partial charge in [-0.2, -0.15) is 0 Å². The normalized spacial score (nSPS) is 27.6. The molecule has 198 valence electrons. The zero-order valence-electron chi connectivity index (χ0n) is 24.5. The molecule has 0 saturated heterocycles. The molecular weight excluding hydrogens is 420 g/mol. The van der Waals surface area contributed by atoms with Gasteiger partial charge in [0.2, 0.25) is 0 Å². The van der Waals surface area contributed by atoms with Gasteiger partial charge < -0.3 is 0 Å². The fourth-order valence-electron chi connectivity index (χ4n) is 5.37. The van der Waals surface area contributed by atoms with Crippen molar-refractivity contribution in [2.24, 2.45) is 17.3 Å². The first-order valence-electron chi connectivity index (χ1n) is 12.4. The van der Waals surface area contributed by atoms with Crippen LogP contribution in [0.25, 0.3) is 0 Å². The van der Waals surface area contributed by atoms with E-state index in [0.29, 0.717) is 6.42 Å². The Labute approximate surface area is 204 Å². The average molecular weight is 475 g/mol. The van der Waals surface area contributed by atoms with Crippen molar-refractivity contribution in [2.45, 2.75) is 157 Å². The average Bonchev–Trinajstić information content (AvgIpc) is 2.53. The Morgan fingerprint density at radius 3 is 1.42 bits per heavy atom. The van der Waals surface area contributed by atoms with Crippen molar-refractivity contribution < 1.29 is 29.3 Å². The highest BCUT2D eigenvalue weighted by Gasteiger charge is 2.62. The van der Waals surface area contributed by atoms with E-state index in [2.05, 4.69) is 34.6 Å². The van der Waals surface area contributed by atoms with Crippen LogP contribution in [0.3, 0.4) is 0 Å². The topological polar surface area (TPSA) is 55.4 Å². The van der Waals surface area contributed by atoms with Crippen molar-refractivity contribution in [3.05, 3.63) is 0 Å². The van der Waals surface area contributed by atoms with Crippen molar-refractivity contribution in [3.63, 3.8) is 0 Å². The summed E-state index contributed by atoms with van der Waals surface area (Å²) in [5, 5.41) is 0. The van der Waals surface area contributed by atoms with Crippen molar-refractivity contribution in [1.82, 2.24) is 0 Å². The predicted octanol–water partition coefficient (Wildman–Crippen LogP) is 7.59. The molecule has 0 aromatic carbocycles. The molecule has 0 bridgehead atoms. The number of hydrogen-bond donors (Lipinski definition) is 0. The van der Waals surface area contributed by atoms with Gasteiger partial charge in [-0.05, 0) is 120 Å². The highest BCUT2D eigenvalue weighted by Crippen LogP contribution is 2.58. The van der Waals surface area contributed by atoms with Crippen LogP contribution < -0.4 is 0 Å². The van der Waals surface area contributed by atoms with Crippen LogP contribution in [0, 0.1) is 17.3 Å². The lowest BCUT2D eigenvalue weighted by Gasteiger charge is -2.59. The molecule has 1 aliphatic carbocycles. The monoisotopic (exact) mass is 474 g/mol. The third-order valence-electron chi connectivity index (χ3n) is 6.11. The molecule has 0 aromatic heterocycles. The summed E-state index contributed by atoms with van der Waals surface area (Å²) in [5.41, 5.74) is -3.46. The quantitative estimate of drug-likeness (QED) is 0.267. The van der Waals surface area contributed by atoms with Crippen LogP contribution >= 0.6 is 0 Å². The van der Waals surface area contributed by atoms with Gasteiger partial charge >= 0.3 is 0 Å². The van der Waals surface area contributed by atoms with Crippen LogP contribution in [0.15, 0.2) is 0 Å². The summed E-state index contributed by atoms with van der Waals surface area (Å²) in [5.74, 6) is 0.437. The van der Waals surface area contributed by atoms with E-state index < -0.39 is 28.0 Å². The van der Waals surface area contributed by atoms with Crippen LogP contribution in [-0.4, -0.2) is 33.6 Å². The maximum Gasteiger partial charge on any atom is 0.136 e. The summed E-state index contributed by atoms with van der Waals surface area (Å²) >= 11 is 0. The first-order valence-corrected chi connectivity index (χ1v) is 12.4. The Kier molecular flexibility index (Phi) is 9.02. The van der Waals surface area contributed by atoms with Gasteiger partial charge in [0.15, 0.2) is 0 Å². The van der Waals surface area contributed by atoms with E-state index >= 15 is 0 Å². The van der Waals surface area contributed by atoms with Gasteiger partial charge in [-0.25, -0.2) is 29.3 Å². The molecule has 3 unspecified atom stereocenters. The smallest absolute Gasteiger partial charge is 0.136 e. The highest BCUT2D eigenvalue weighted by molar-refractivity contribution is 5.09. The molecule has 1 aliphatic rings. The number of hydrogen-bond acceptors (Lipinski definition) is 6. The Bertz CT molecular complexity index is 632. The Hall–Kier alpha value is -0.240. The standard InChI is InChI=1S/C27H54O6/c1-19-17-27(33-30-23(8,9)10,26(15,16)32-29-22(5,6)7)18-24(11,12)20(19)25(13,14)31-28-21(2,3)4/h19-20H,17-18H2,1-16H3. The third kappa shape index (κ3) is 8.73. The van der Waals surface area contributed by atoms with Gasteiger partial charge in [0, 0.05) is 0 Å². The molecule has 0 aromatic rings. The molecule has 0 amide bonds. The molecule has 6 heteroatoms. The van der Waals surface area contributed by atoms with Gasteiger partial charge in [-0.1, -0.05) is 20.8 Å². The molecule has 0 radical (unpaired) electrons. The minimum Gasteiger partial charge on any atom is -0.230 e. The van der Waals surface area contributed by atoms with Crippen LogP contribution in [-0.2, 0) is 29.3 Å². The molecule has 0 heterocycles. The van der Waals surface area contributed by atoms with Crippen molar-refractivity contribution in [2.75, 3.05) is 0 Å². The SMILES string of the molecule is CC1CC(OOC(C)(C)C)(C(C)(C)OOC(C)(C)C)CC(C)(C)C1C(C)(C)OOC(C)(C)C. The van der Waals surface area contributed by atoms with E-state index in [1.54, 1.807) is 0 Å². The summed E-state index contributed by atoms with van der Waals surface area (Å²) < 4.78 is 0. The Balaban J connectivity index is 3.35. The molecular formula is C27H54O6. The lowest BCUT2D eigenvalue weighted by molar-refractivity contribution is -0.491. The molecule has 1 saturated carbocycles. The minimum absolute atomic E-state index is 0.175. The summed E-state index contributed by atoms with van der Waals surface area (Å²) in [4.78, 5) is 36.1. The van der Waals surface area contributed by atoms with Gasteiger partial charge in [-0.3, -0.25) is 0 Å². The minimum atomic E-state index is -0.769. The van der Waals surface area contributed by atoms with Crippen LogP contribution in [0.1, 0.15) is 124 Å². The van der Waals surface area contributed by atoms with E-state index in [9.17, 15) is 0 Å². The third-order valence-corrected chi connectivity index (χ3v) is 6.11. The lowest BCUT2D eigenvalue weighted by Crippen LogP contribution is -2.64. The Morgan fingerprint density at radius 1 is 0.606 bits per heavy atom. The highest BCUT2D eigenvalue weighted by atomic mass is 17.2. The van der Waals surface area contributed by atoms with Crippen LogP contribution in [0.4, 0.5) is 0 Å². The zero-order valence-corrected chi connectivity index (χ0v) is 24.5. The summed E-state index contributed by atoms with van der Waals surface area (Å²) in [7, 11) is 0. The second kappa shape index (κ2) is 9.67. The zero-order chi connectivity index (χ0) is 26.3. The van der Waals surface area contributed by atoms with Crippen LogP contribution in [0.2, 0.25) is 0 Å². The molecule has 3 atom stereocenters. The maximum absolute atomic E-state index is 6.37. The first-order chi connectivity index (χ1) is 14.3. The van der Waals surface area contributed by atoms with Gasteiger partial charge in [0.05, 0.1) is 16.8 Å². The van der Waals surface area contributed by atoms with Crippen molar-refractivity contribution in [1.29, 1.82) is 0 Å². The maximum atomic E-state index is 6.37. The van der Waals surface area contributed by atoms with Gasteiger partial charge in [0.25, 0.3) is 0 Å². The number of rotatable bonds is 8. The van der Waals surface area contributed by atoms with Gasteiger partial charge in [0.1, 0.15) is 16.8 Å². The van der Waals surface area contributed by atoms with Crippen molar-refractivity contribution >= 4 is 0 Å². The van der Waals surface area contributed by atoms with E-state index in [1.165, 1.54) is 0 Å². The second-order valence-electron chi connectivity index (χ2n) is 14.8. The molecule has 1 fully saturated rings. The summed E-state index contributed by atoms with van der Waals surface area (Å²) in [6.07, 6.45) is 1.42. The largest absolute Gasteiger partial charge is 0.230 e. The fourth-order valence-corrected chi connectivity index (χ4v) is 5.37. The fraction of sp³-hybridized carbons (Fsp3) is 1.00. The van der Waals surface area contributed by atoms with Gasteiger partial charge in [-0.15, -0.1) is 0 Å². The first kappa shape index (κ1) is 30.8. The molecule has 33 heavy (non-hydrogen) atoms. The molecule has 1 rings (SSSR count). The van der Waals surface area contributed by atoms with E-state index in [4.69, 9.17) is 29.3 Å². The summed E-state index contributed by atoms with van der Waals surface area (Å²) in [6.45, 7) is 32.9. The predicted molar refractivity (Wildman–Crippen MR) is 132 cm³/mol. The lowest BCUT2D eigenvalue weighted by atomic mass is 9.52. The molecule has 6 nitrogen and oxygen atoms in total. The van der Waals surface area contributed by atoms with E-state index in [1.807, 2.05) is 76.2 Å². The van der Waals surface area contributed by atoms with E-state index in [-0.39, 0.29) is 22.9 Å². The molecule has 0 N–H and O–H groups in total. The second-order valence-corrected chi connectivity index (χ2v) is 14.8.